The van der Waals surface area contributed by atoms with Crippen LogP contribution in [-0.2, 0) is 9.53 Å². The van der Waals surface area contributed by atoms with Crippen LogP contribution in [0.4, 0.5) is 5.69 Å². The number of nitro groups is 1. The SMILES string of the molecule is COC(=O)[C@@H]1C[C@H]2CCCC[C@H]2N1C(=O)c1c[nH]c2cc([N+](=O)[O-])ccc12. The molecule has 1 aromatic carbocycles. The predicted octanol–water partition coefficient (Wildman–Crippen LogP) is 3.02. The summed E-state index contributed by atoms with van der Waals surface area (Å²) in [5, 5.41) is 11.6. The van der Waals surface area contributed by atoms with Crippen LogP contribution >= 0.6 is 0 Å². The first-order valence-corrected chi connectivity index (χ1v) is 9.17. The van der Waals surface area contributed by atoms with E-state index in [0.29, 0.717) is 28.8 Å². The Morgan fingerprint density at radius 1 is 1.30 bits per heavy atom. The van der Waals surface area contributed by atoms with E-state index in [1.807, 2.05) is 0 Å². The Hall–Kier alpha value is -2.90. The number of nitrogens with one attached hydrogen (secondary N) is 1. The third-order valence-corrected chi connectivity index (χ3v) is 5.90. The summed E-state index contributed by atoms with van der Waals surface area (Å²) in [5.74, 6) is -0.286. The first-order valence-electron chi connectivity index (χ1n) is 9.17. The van der Waals surface area contributed by atoms with Gasteiger partial charge in [0, 0.05) is 29.8 Å². The summed E-state index contributed by atoms with van der Waals surface area (Å²) in [4.78, 5) is 40.9. The number of aromatic nitrogens is 1. The van der Waals surface area contributed by atoms with Crippen molar-refractivity contribution in [2.75, 3.05) is 7.11 Å². The molecule has 8 nitrogen and oxygen atoms in total. The predicted molar refractivity (Wildman–Crippen MR) is 97.3 cm³/mol. The normalized spacial score (nSPS) is 24.6. The number of fused-ring (bicyclic) bond motifs is 2. The number of ether oxygens (including phenoxy) is 1. The summed E-state index contributed by atoms with van der Waals surface area (Å²) in [7, 11) is 1.35. The molecule has 2 aromatic rings. The van der Waals surface area contributed by atoms with Crippen LogP contribution in [0.3, 0.4) is 0 Å². The molecule has 1 aliphatic carbocycles. The van der Waals surface area contributed by atoms with Crippen molar-refractivity contribution < 1.29 is 19.2 Å². The minimum atomic E-state index is -0.571. The zero-order valence-corrected chi connectivity index (χ0v) is 15.0. The lowest BCUT2D eigenvalue weighted by atomic mass is 9.84. The second-order valence-electron chi connectivity index (χ2n) is 7.29. The average molecular weight is 371 g/mol. The summed E-state index contributed by atoms with van der Waals surface area (Å²) in [6.07, 6.45) is 6.27. The first-order chi connectivity index (χ1) is 13.0. The molecule has 0 spiro atoms. The van der Waals surface area contributed by atoms with Crippen LogP contribution in [0.1, 0.15) is 42.5 Å². The number of benzene rings is 1. The van der Waals surface area contributed by atoms with Crippen LogP contribution < -0.4 is 0 Å². The highest BCUT2D eigenvalue weighted by atomic mass is 16.6. The van der Waals surface area contributed by atoms with Gasteiger partial charge in [-0.3, -0.25) is 14.9 Å². The molecule has 0 unspecified atom stereocenters. The second-order valence-corrected chi connectivity index (χ2v) is 7.29. The molecule has 4 rings (SSSR count). The van der Waals surface area contributed by atoms with Crippen LogP contribution in [-0.4, -0.2) is 45.9 Å². The summed E-state index contributed by atoms with van der Waals surface area (Å²) < 4.78 is 4.95. The van der Waals surface area contributed by atoms with E-state index in [1.165, 1.54) is 19.2 Å². The number of amides is 1. The molecule has 142 valence electrons. The highest BCUT2D eigenvalue weighted by Gasteiger charge is 2.48. The molecule has 1 aromatic heterocycles. The van der Waals surface area contributed by atoms with E-state index in [-0.39, 0.29) is 23.6 Å². The van der Waals surface area contributed by atoms with Gasteiger partial charge in [-0.05, 0) is 31.2 Å². The zero-order chi connectivity index (χ0) is 19.1. The molecule has 1 aliphatic heterocycles. The third-order valence-electron chi connectivity index (χ3n) is 5.90. The molecule has 8 heteroatoms. The maximum Gasteiger partial charge on any atom is 0.328 e. The van der Waals surface area contributed by atoms with Gasteiger partial charge in [0.15, 0.2) is 0 Å². The minimum Gasteiger partial charge on any atom is -0.467 e. The highest BCUT2D eigenvalue weighted by Crippen LogP contribution is 2.41. The molecule has 2 aliphatic rings. The lowest BCUT2D eigenvalue weighted by molar-refractivity contribution is -0.384. The Bertz CT molecular complexity index is 921. The van der Waals surface area contributed by atoms with Gasteiger partial charge < -0.3 is 14.6 Å². The van der Waals surface area contributed by atoms with Crippen molar-refractivity contribution in [3.63, 3.8) is 0 Å². The number of carbonyl (C=O) groups is 2. The Morgan fingerprint density at radius 3 is 2.81 bits per heavy atom. The lowest BCUT2D eigenvalue weighted by Crippen LogP contribution is -2.46. The summed E-state index contributed by atoms with van der Waals surface area (Å²) >= 11 is 0. The van der Waals surface area contributed by atoms with Gasteiger partial charge in [-0.1, -0.05) is 12.8 Å². The first kappa shape index (κ1) is 17.5. The van der Waals surface area contributed by atoms with Crippen LogP contribution in [0.2, 0.25) is 0 Å². The van der Waals surface area contributed by atoms with Crippen LogP contribution in [0, 0.1) is 16.0 Å². The summed E-state index contributed by atoms with van der Waals surface area (Å²) in [6.45, 7) is 0. The number of H-pyrrole nitrogens is 1. The minimum absolute atomic E-state index is 0.0377. The van der Waals surface area contributed by atoms with Gasteiger partial charge in [0.2, 0.25) is 0 Å². The lowest BCUT2D eigenvalue weighted by Gasteiger charge is -2.33. The number of carbonyl (C=O) groups excluding carboxylic acids is 2. The second kappa shape index (κ2) is 6.68. The van der Waals surface area contributed by atoms with E-state index in [4.69, 9.17) is 4.74 Å². The molecule has 27 heavy (non-hydrogen) atoms. The molecule has 0 radical (unpaired) electrons. The standard InChI is InChI=1S/C19H21N3O5/c1-27-19(24)17-8-11-4-2-3-5-16(11)21(17)18(23)14-10-20-15-9-12(22(25)26)6-7-13(14)15/h6-7,9-11,16-17,20H,2-5,8H2,1H3/t11-,16-,17+/m1/s1. The number of methoxy groups -OCH3 is 1. The highest BCUT2D eigenvalue weighted by molar-refractivity contribution is 6.08. The van der Waals surface area contributed by atoms with Crippen molar-refractivity contribution in [2.45, 2.75) is 44.2 Å². The van der Waals surface area contributed by atoms with Gasteiger partial charge in [0.1, 0.15) is 6.04 Å². The van der Waals surface area contributed by atoms with Gasteiger partial charge in [0.05, 0.1) is 23.1 Å². The van der Waals surface area contributed by atoms with E-state index >= 15 is 0 Å². The molecule has 1 saturated heterocycles. The number of non-ortho nitro benzene ring substituents is 1. The molecule has 1 saturated carbocycles. The number of hydrogen-bond acceptors (Lipinski definition) is 5. The maximum absolute atomic E-state index is 13.4. The number of nitro benzene ring substituents is 1. The number of rotatable bonds is 3. The summed E-state index contributed by atoms with van der Waals surface area (Å²) in [6, 6.07) is 3.85. The van der Waals surface area contributed by atoms with Crippen molar-refractivity contribution in [1.82, 2.24) is 9.88 Å². The van der Waals surface area contributed by atoms with Crippen molar-refractivity contribution in [3.05, 3.63) is 40.1 Å². The molecule has 1 amide bonds. The monoisotopic (exact) mass is 371 g/mol. The van der Waals surface area contributed by atoms with Crippen LogP contribution in [0.15, 0.2) is 24.4 Å². The summed E-state index contributed by atoms with van der Waals surface area (Å²) in [5.41, 5.74) is 0.922. The van der Waals surface area contributed by atoms with Gasteiger partial charge in [0.25, 0.3) is 11.6 Å². The van der Waals surface area contributed by atoms with E-state index in [2.05, 4.69) is 4.98 Å². The van der Waals surface area contributed by atoms with Crippen LogP contribution in [0.25, 0.3) is 10.9 Å². The quantitative estimate of drug-likeness (QED) is 0.507. The largest absolute Gasteiger partial charge is 0.467 e. The van der Waals surface area contributed by atoms with Crippen molar-refractivity contribution >= 4 is 28.5 Å². The van der Waals surface area contributed by atoms with Crippen LogP contribution in [0.5, 0.6) is 0 Å². The number of hydrogen-bond donors (Lipinski definition) is 1. The Morgan fingerprint density at radius 2 is 2.07 bits per heavy atom. The smallest absolute Gasteiger partial charge is 0.328 e. The zero-order valence-electron chi connectivity index (χ0n) is 15.0. The van der Waals surface area contributed by atoms with Gasteiger partial charge in [-0.15, -0.1) is 0 Å². The fourth-order valence-corrected chi connectivity index (χ4v) is 4.64. The molecule has 1 N–H and O–H groups in total. The average Bonchev–Trinajstić information content (AvgIpc) is 3.27. The topological polar surface area (TPSA) is 106 Å². The Kier molecular flexibility index (Phi) is 4.33. The van der Waals surface area contributed by atoms with Crippen molar-refractivity contribution in [2.24, 2.45) is 5.92 Å². The molecule has 2 fully saturated rings. The number of esters is 1. The third kappa shape index (κ3) is 2.85. The molecular formula is C19H21N3O5. The molecular weight excluding hydrogens is 350 g/mol. The van der Waals surface area contributed by atoms with Gasteiger partial charge >= 0.3 is 5.97 Å². The van der Waals surface area contributed by atoms with E-state index in [1.54, 1.807) is 17.2 Å². The fraction of sp³-hybridized carbons (Fsp3) is 0.474. The number of nitrogens with zero attached hydrogens (tertiary/aromatic N) is 2. The molecule has 3 atom stereocenters. The Balaban J connectivity index is 1.72. The van der Waals surface area contributed by atoms with Crippen molar-refractivity contribution in [1.29, 1.82) is 0 Å². The molecule has 0 bridgehead atoms. The van der Waals surface area contributed by atoms with E-state index in [0.717, 1.165) is 25.7 Å². The van der Waals surface area contributed by atoms with Crippen molar-refractivity contribution in [3.8, 4) is 0 Å². The maximum atomic E-state index is 13.4. The van der Waals surface area contributed by atoms with Gasteiger partial charge in [-0.25, -0.2) is 4.79 Å². The number of likely N-dealkylation sites (tertiary alicyclic amines) is 1. The molecule has 2 heterocycles. The Labute approximate surface area is 155 Å². The van der Waals surface area contributed by atoms with E-state index < -0.39 is 11.0 Å². The fourth-order valence-electron chi connectivity index (χ4n) is 4.64. The number of aromatic amines is 1. The van der Waals surface area contributed by atoms with E-state index in [9.17, 15) is 19.7 Å². The van der Waals surface area contributed by atoms with Gasteiger partial charge in [-0.2, -0.15) is 0 Å².